The third kappa shape index (κ3) is 3.37. The Bertz CT molecular complexity index is 1410. The van der Waals surface area contributed by atoms with E-state index in [0.717, 1.165) is 6.26 Å². The number of benzene rings is 2. The van der Waals surface area contributed by atoms with Crippen molar-refractivity contribution in [3.8, 4) is 5.75 Å². The van der Waals surface area contributed by atoms with E-state index in [9.17, 15) is 28.5 Å². The topological polar surface area (TPSA) is 134 Å². The van der Waals surface area contributed by atoms with Gasteiger partial charge in [-0.3, -0.25) is 9.78 Å². The standard InChI is InChI=1S/C25H22ClNO7S/c1-35(32,33)17-9-7-15(8-10-17)25-21(14-5-3-2-4-6-14)18(12-20(28)29)23(30)24(25,31)22-19(34-25)11-16(26)13-27-22/h2-11,13,18,21,23,30-31H,12H2,1H3,(H,28,29)/t18-,21-,23-,24+,25+/m1/s1. The van der Waals surface area contributed by atoms with Crippen molar-refractivity contribution in [1.82, 2.24) is 4.98 Å². The van der Waals surface area contributed by atoms with Crippen LogP contribution in [0.3, 0.4) is 0 Å². The Morgan fingerprint density at radius 2 is 1.80 bits per heavy atom. The lowest BCUT2D eigenvalue weighted by Gasteiger charge is -2.40. The second kappa shape index (κ2) is 8.03. The fourth-order valence-corrected chi connectivity index (χ4v) is 6.43. The van der Waals surface area contributed by atoms with E-state index in [-0.39, 0.29) is 21.4 Å². The zero-order valence-electron chi connectivity index (χ0n) is 18.5. The average Bonchev–Trinajstić information content (AvgIpc) is 3.16. The van der Waals surface area contributed by atoms with Gasteiger partial charge in [0.2, 0.25) is 0 Å². The number of carboxylic acid groups (broad SMARTS) is 1. The van der Waals surface area contributed by atoms with Crippen LogP contribution in [0.1, 0.15) is 29.2 Å². The van der Waals surface area contributed by atoms with E-state index in [4.69, 9.17) is 16.3 Å². The molecule has 5 atom stereocenters. The van der Waals surface area contributed by atoms with Gasteiger partial charge in [-0.25, -0.2) is 8.42 Å². The first-order chi connectivity index (χ1) is 16.5. The van der Waals surface area contributed by atoms with Crippen molar-refractivity contribution in [3.05, 3.63) is 88.7 Å². The monoisotopic (exact) mass is 515 g/mol. The highest BCUT2D eigenvalue weighted by Crippen LogP contribution is 2.68. The van der Waals surface area contributed by atoms with Crippen molar-refractivity contribution in [2.75, 3.05) is 6.26 Å². The Hall–Kier alpha value is -2.98. The summed E-state index contributed by atoms with van der Waals surface area (Å²) in [4.78, 5) is 16.2. The molecule has 1 aliphatic heterocycles. The smallest absolute Gasteiger partial charge is 0.303 e. The minimum absolute atomic E-state index is 0.0374. The first-order valence-corrected chi connectivity index (χ1v) is 13.1. The number of halogens is 1. The van der Waals surface area contributed by atoms with Crippen molar-refractivity contribution in [3.63, 3.8) is 0 Å². The van der Waals surface area contributed by atoms with Crippen LogP contribution >= 0.6 is 11.6 Å². The Balaban J connectivity index is 1.83. The van der Waals surface area contributed by atoms with Crippen molar-refractivity contribution >= 4 is 27.4 Å². The Labute approximate surface area is 206 Å². The number of rotatable bonds is 5. The maximum atomic E-state index is 12.3. The molecule has 2 aliphatic rings. The van der Waals surface area contributed by atoms with Gasteiger partial charge in [0.1, 0.15) is 11.4 Å². The summed E-state index contributed by atoms with van der Waals surface area (Å²) < 4.78 is 30.6. The van der Waals surface area contributed by atoms with E-state index in [1.165, 1.54) is 36.5 Å². The Kier molecular flexibility index (Phi) is 5.45. The van der Waals surface area contributed by atoms with Gasteiger partial charge >= 0.3 is 5.97 Å². The fourth-order valence-electron chi connectivity index (χ4n) is 5.65. The van der Waals surface area contributed by atoms with E-state index < -0.39 is 51.4 Å². The molecule has 1 fully saturated rings. The van der Waals surface area contributed by atoms with E-state index in [2.05, 4.69) is 4.98 Å². The zero-order valence-corrected chi connectivity index (χ0v) is 20.1. The highest BCUT2D eigenvalue weighted by molar-refractivity contribution is 7.90. The van der Waals surface area contributed by atoms with Gasteiger partial charge in [0.05, 0.1) is 22.4 Å². The molecular weight excluding hydrogens is 494 g/mol. The maximum absolute atomic E-state index is 12.3. The van der Waals surface area contributed by atoms with Gasteiger partial charge in [-0.15, -0.1) is 0 Å². The molecule has 35 heavy (non-hydrogen) atoms. The Morgan fingerprint density at radius 3 is 2.40 bits per heavy atom. The zero-order chi connectivity index (χ0) is 25.2. The van der Waals surface area contributed by atoms with Crippen LogP contribution in [0, 0.1) is 5.92 Å². The molecule has 0 spiro atoms. The van der Waals surface area contributed by atoms with Crippen LogP contribution < -0.4 is 4.74 Å². The van der Waals surface area contributed by atoms with Crippen LogP contribution in [-0.2, 0) is 25.8 Å². The first kappa shape index (κ1) is 23.7. The minimum atomic E-state index is -3.51. The maximum Gasteiger partial charge on any atom is 0.303 e. The van der Waals surface area contributed by atoms with Gasteiger partial charge in [0, 0.05) is 30.4 Å². The number of aliphatic hydroxyl groups excluding tert-OH is 1. The van der Waals surface area contributed by atoms with Crippen LogP contribution in [0.15, 0.2) is 71.8 Å². The van der Waals surface area contributed by atoms with Gasteiger partial charge in [0.25, 0.3) is 0 Å². The van der Waals surface area contributed by atoms with E-state index in [0.29, 0.717) is 11.1 Å². The summed E-state index contributed by atoms with van der Waals surface area (Å²) in [6.07, 6.45) is 0.380. The van der Waals surface area contributed by atoms with Crippen molar-refractivity contribution in [1.29, 1.82) is 0 Å². The Morgan fingerprint density at radius 1 is 1.14 bits per heavy atom. The molecule has 0 bridgehead atoms. The number of sulfone groups is 1. The van der Waals surface area contributed by atoms with Crippen LogP contribution in [0.2, 0.25) is 5.02 Å². The van der Waals surface area contributed by atoms with E-state index in [1.54, 1.807) is 30.3 Å². The average molecular weight is 516 g/mol. The summed E-state index contributed by atoms with van der Waals surface area (Å²) in [6, 6.07) is 16.2. The lowest BCUT2D eigenvalue weighted by Crippen LogP contribution is -2.52. The van der Waals surface area contributed by atoms with Crippen molar-refractivity contribution in [2.24, 2.45) is 5.92 Å². The molecule has 0 radical (unpaired) electrons. The highest BCUT2D eigenvalue weighted by atomic mass is 35.5. The molecule has 2 heterocycles. The molecule has 1 aromatic heterocycles. The van der Waals surface area contributed by atoms with Crippen molar-refractivity contribution < 1.29 is 33.3 Å². The van der Waals surface area contributed by atoms with Gasteiger partial charge in [-0.1, -0.05) is 54.1 Å². The van der Waals surface area contributed by atoms with Crippen LogP contribution in [0.4, 0.5) is 0 Å². The summed E-state index contributed by atoms with van der Waals surface area (Å²) in [5.74, 6) is -2.79. The quantitative estimate of drug-likeness (QED) is 0.472. The molecule has 3 aromatic rings. The molecule has 0 amide bonds. The number of pyridine rings is 1. The number of nitrogens with zero attached hydrogens (tertiary/aromatic N) is 1. The largest absolute Gasteiger partial charge is 0.481 e. The number of aromatic nitrogens is 1. The van der Waals surface area contributed by atoms with Crippen LogP contribution in [-0.4, -0.2) is 47.1 Å². The van der Waals surface area contributed by atoms with E-state index >= 15 is 0 Å². The highest BCUT2D eigenvalue weighted by Gasteiger charge is 2.76. The first-order valence-electron chi connectivity index (χ1n) is 10.8. The molecule has 5 rings (SSSR count). The molecule has 182 valence electrons. The fraction of sp³-hybridized carbons (Fsp3) is 0.280. The molecule has 10 heteroatoms. The predicted octanol–water partition coefficient (Wildman–Crippen LogP) is 2.86. The lowest BCUT2D eigenvalue weighted by molar-refractivity contribution is -0.155. The minimum Gasteiger partial charge on any atom is -0.481 e. The summed E-state index contributed by atoms with van der Waals surface area (Å²) in [5.41, 5.74) is -2.83. The van der Waals surface area contributed by atoms with Gasteiger partial charge in [0.15, 0.2) is 21.0 Å². The van der Waals surface area contributed by atoms with Crippen LogP contribution in [0.25, 0.3) is 0 Å². The third-order valence-corrected chi connectivity index (χ3v) is 8.33. The number of ether oxygens (including phenoxy) is 1. The van der Waals surface area contributed by atoms with Crippen molar-refractivity contribution in [2.45, 2.75) is 34.5 Å². The lowest BCUT2D eigenvalue weighted by atomic mass is 9.71. The molecule has 0 unspecified atom stereocenters. The SMILES string of the molecule is CS(=O)(=O)c1ccc([C@@]23Oc4cc(Cl)cnc4[C@]2(O)[C@H](O)[C@H](CC(=O)O)[C@H]3c2ccccc2)cc1. The van der Waals surface area contributed by atoms with Gasteiger partial charge < -0.3 is 20.1 Å². The number of aliphatic hydroxyl groups is 2. The molecule has 8 nitrogen and oxygen atoms in total. The summed E-state index contributed by atoms with van der Waals surface area (Å²) in [7, 11) is -3.51. The summed E-state index contributed by atoms with van der Waals surface area (Å²) in [5, 5.41) is 33.8. The third-order valence-electron chi connectivity index (χ3n) is 7.00. The number of carbonyl (C=O) groups is 1. The summed E-state index contributed by atoms with van der Waals surface area (Å²) >= 11 is 6.14. The number of hydrogen-bond acceptors (Lipinski definition) is 7. The van der Waals surface area contributed by atoms with Crippen LogP contribution in [0.5, 0.6) is 5.75 Å². The number of hydrogen-bond donors (Lipinski definition) is 3. The molecule has 3 N–H and O–H groups in total. The molecular formula is C25H22ClNO7S. The number of carboxylic acids is 1. The molecule has 1 saturated carbocycles. The number of aliphatic carboxylic acids is 1. The second-order valence-electron chi connectivity index (χ2n) is 9.00. The second-order valence-corrected chi connectivity index (χ2v) is 11.4. The number of fused-ring (bicyclic) bond motifs is 3. The normalized spacial score (nSPS) is 29.3. The molecule has 0 saturated heterocycles. The van der Waals surface area contributed by atoms with E-state index in [1.807, 2.05) is 0 Å². The van der Waals surface area contributed by atoms with Gasteiger partial charge in [-0.2, -0.15) is 0 Å². The summed E-state index contributed by atoms with van der Waals surface area (Å²) in [6.45, 7) is 0. The molecule has 2 aromatic carbocycles. The molecule has 1 aliphatic carbocycles. The predicted molar refractivity (Wildman–Crippen MR) is 126 cm³/mol. The van der Waals surface area contributed by atoms with Gasteiger partial charge in [-0.05, 0) is 23.3 Å².